The summed E-state index contributed by atoms with van der Waals surface area (Å²) in [5, 5.41) is 2.08. The van der Waals surface area contributed by atoms with Crippen molar-refractivity contribution in [1.29, 1.82) is 0 Å². The van der Waals surface area contributed by atoms with E-state index in [1.54, 1.807) is 7.11 Å². The second-order valence-electron chi connectivity index (χ2n) is 5.73. The molecule has 2 aliphatic rings. The van der Waals surface area contributed by atoms with Gasteiger partial charge in [-0.3, -0.25) is 9.91 Å². The maximum Gasteiger partial charge on any atom is 0.144 e. The molecule has 1 saturated heterocycles. The van der Waals surface area contributed by atoms with Gasteiger partial charge < -0.3 is 15.1 Å². The van der Waals surface area contributed by atoms with Crippen LogP contribution < -0.4 is 15.2 Å². The number of anilines is 1. The topological polar surface area (TPSA) is 31.0 Å². The van der Waals surface area contributed by atoms with Crippen molar-refractivity contribution in [3.8, 4) is 5.75 Å². The second kappa shape index (κ2) is 6.37. The smallest absolute Gasteiger partial charge is 0.144 e. The highest BCUT2D eigenvalue weighted by Crippen LogP contribution is 2.29. The van der Waals surface area contributed by atoms with Crippen molar-refractivity contribution >= 4 is 5.69 Å². The Morgan fingerprint density at radius 1 is 1.19 bits per heavy atom. The summed E-state index contributed by atoms with van der Waals surface area (Å²) >= 11 is 0. The summed E-state index contributed by atoms with van der Waals surface area (Å²) in [6.45, 7) is 6.44. The molecule has 2 heterocycles. The molecule has 0 atom stereocenters. The number of rotatable bonds is 4. The van der Waals surface area contributed by atoms with E-state index in [1.165, 1.54) is 5.56 Å². The molecule has 114 valence electrons. The molecule has 3 rings (SSSR count). The van der Waals surface area contributed by atoms with Gasteiger partial charge in [-0.05, 0) is 30.8 Å². The van der Waals surface area contributed by atoms with Gasteiger partial charge in [0.25, 0.3) is 0 Å². The number of hydrogen-bond acceptors (Lipinski definition) is 5. The fourth-order valence-electron chi connectivity index (χ4n) is 2.83. The third-order valence-corrected chi connectivity index (χ3v) is 4.17. The lowest BCUT2D eigenvalue weighted by Crippen LogP contribution is -2.43. The van der Waals surface area contributed by atoms with Gasteiger partial charge in [-0.15, -0.1) is 0 Å². The average molecular weight is 288 g/mol. The zero-order valence-corrected chi connectivity index (χ0v) is 12.9. The molecular weight excluding hydrogens is 264 g/mol. The van der Waals surface area contributed by atoms with Crippen molar-refractivity contribution in [2.45, 2.75) is 6.54 Å². The van der Waals surface area contributed by atoms with Gasteiger partial charge in [0, 0.05) is 38.9 Å². The molecule has 0 bridgehead atoms. The first-order chi connectivity index (χ1) is 10.3. The number of nitrogens with zero attached hydrogens (tertiary/aromatic N) is 3. The molecule has 1 aromatic carbocycles. The van der Waals surface area contributed by atoms with E-state index in [-0.39, 0.29) is 0 Å². The van der Waals surface area contributed by atoms with E-state index in [9.17, 15) is 0 Å². The summed E-state index contributed by atoms with van der Waals surface area (Å²) in [6, 6.07) is 6.51. The molecule has 5 heteroatoms. The lowest BCUT2D eigenvalue weighted by atomic mass is 10.1. The monoisotopic (exact) mass is 288 g/mol. The van der Waals surface area contributed by atoms with Crippen LogP contribution in [0.25, 0.3) is 0 Å². The van der Waals surface area contributed by atoms with E-state index < -0.39 is 0 Å². The Morgan fingerprint density at radius 3 is 2.67 bits per heavy atom. The van der Waals surface area contributed by atoms with Crippen LogP contribution in [0.3, 0.4) is 0 Å². The van der Waals surface area contributed by atoms with Gasteiger partial charge in [0.2, 0.25) is 0 Å². The van der Waals surface area contributed by atoms with Crippen LogP contribution in [0.5, 0.6) is 5.75 Å². The Bertz CT molecular complexity index is 501. The molecule has 21 heavy (non-hydrogen) atoms. The van der Waals surface area contributed by atoms with E-state index in [2.05, 4.69) is 51.6 Å². The Labute approximate surface area is 126 Å². The second-order valence-corrected chi connectivity index (χ2v) is 5.73. The summed E-state index contributed by atoms with van der Waals surface area (Å²) in [5.74, 6) is 0.929. The maximum atomic E-state index is 5.57. The van der Waals surface area contributed by atoms with E-state index in [1.807, 2.05) is 6.20 Å². The standard InChI is InChI=1S/C16H24N4O/c1-18-8-10-19(11-9-18)13-14-4-5-15(16(12-14)21-2)20-7-3-6-17-20/h3-6,12,17H,7-11,13H2,1-2H3. The van der Waals surface area contributed by atoms with Crippen LogP contribution in [0, 0.1) is 0 Å². The lowest BCUT2D eigenvalue weighted by Gasteiger charge is -2.32. The summed E-state index contributed by atoms with van der Waals surface area (Å²) in [6.07, 6.45) is 4.05. The largest absolute Gasteiger partial charge is 0.495 e. The predicted molar refractivity (Wildman–Crippen MR) is 85.4 cm³/mol. The van der Waals surface area contributed by atoms with E-state index >= 15 is 0 Å². The van der Waals surface area contributed by atoms with Crippen molar-refractivity contribution in [2.24, 2.45) is 0 Å². The first kappa shape index (κ1) is 14.2. The molecule has 5 nitrogen and oxygen atoms in total. The van der Waals surface area contributed by atoms with Crippen molar-refractivity contribution in [3.63, 3.8) is 0 Å². The number of benzene rings is 1. The molecule has 0 aliphatic carbocycles. The maximum absolute atomic E-state index is 5.57. The first-order valence-corrected chi connectivity index (χ1v) is 7.53. The van der Waals surface area contributed by atoms with Crippen LogP contribution in [0.4, 0.5) is 5.69 Å². The third-order valence-electron chi connectivity index (χ3n) is 4.17. The molecule has 1 fully saturated rings. The van der Waals surface area contributed by atoms with E-state index in [0.29, 0.717) is 0 Å². The van der Waals surface area contributed by atoms with Gasteiger partial charge in [-0.25, -0.2) is 0 Å². The highest BCUT2D eigenvalue weighted by atomic mass is 16.5. The number of hydrogen-bond donors (Lipinski definition) is 1. The third kappa shape index (κ3) is 3.31. The van der Waals surface area contributed by atoms with Crippen molar-refractivity contribution in [3.05, 3.63) is 36.0 Å². The molecule has 0 amide bonds. The summed E-state index contributed by atoms with van der Waals surface area (Å²) in [7, 11) is 3.92. The number of nitrogens with one attached hydrogen (secondary N) is 1. The molecule has 0 spiro atoms. The van der Waals surface area contributed by atoms with Crippen LogP contribution in [0.2, 0.25) is 0 Å². The van der Waals surface area contributed by atoms with E-state index in [0.717, 1.165) is 50.7 Å². The molecule has 1 aromatic rings. The van der Waals surface area contributed by atoms with Gasteiger partial charge in [0.1, 0.15) is 5.75 Å². The van der Waals surface area contributed by atoms with Gasteiger partial charge in [-0.2, -0.15) is 0 Å². The van der Waals surface area contributed by atoms with Crippen LogP contribution in [-0.2, 0) is 6.54 Å². The fraction of sp³-hybridized carbons (Fsp3) is 0.500. The molecule has 0 radical (unpaired) electrons. The van der Waals surface area contributed by atoms with Crippen molar-refractivity contribution < 1.29 is 4.74 Å². The molecular formula is C16H24N4O. The Hall–Kier alpha value is -1.72. The quantitative estimate of drug-likeness (QED) is 0.902. The molecule has 0 aromatic heterocycles. The van der Waals surface area contributed by atoms with Crippen LogP contribution in [0.15, 0.2) is 30.5 Å². The summed E-state index contributed by atoms with van der Waals surface area (Å²) in [4.78, 5) is 4.89. The summed E-state index contributed by atoms with van der Waals surface area (Å²) in [5.41, 5.74) is 5.61. The van der Waals surface area contributed by atoms with Gasteiger partial charge in [-0.1, -0.05) is 6.07 Å². The first-order valence-electron chi connectivity index (χ1n) is 7.53. The molecule has 2 aliphatic heterocycles. The Kier molecular flexibility index (Phi) is 4.31. The van der Waals surface area contributed by atoms with Crippen LogP contribution in [-0.4, -0.2) is 56.7 Å². The highest BCUT2D eigenvalue weighted by molar-refractivity contribution is 5.60. The summed E-state index contributed by atoms with van der Waals surface area (Å²) < 4.78 is 5.57. The number of ether oxygens (including phenoxy) is 1. The van der Waals surface area contributed by atoms with Crippen LogP contribution >= 0.6 is 0 Å². The minimum atomic E-state index is 0.869. The predicted octanol–water partition coefficient (Wildman–Crippen LogP) is 1.28. The SMILES string of the molecule is COc1cc(CN2CCN(C)CC2)ccc1N1CC=CN1. The normalized spacial score (nSPS) is 19.8. The average Bonchev–Trinajstić information content (AvgIpc) is 3.03. The lowest BCUT2D eigenvalue weighted by molar-refractivity contribution is 0.148. The van der Waals surface area contributed by atoms with E-state index in [4.69, 9.17) is 4.74 Å². The van der Waals surface area contributed by atoms with Gasteiger partial charge >= 0.3 is 0 Å². The molecule has 1 N–H and O–H groups in total. The van der Waals surface area contributed by atoms with Gasteiger partial charge in [0.15, 0.2) is 0 Å². The highest BCUT2D eigenvalue weighted by Gasteiger charge is 2.16. The number of piperazine rings is 1. The Morgan fingerprint density at radius 2 is 2.00 bits per heavy atom. The minimum absolute atomic E-state index is 0.869. The number of hydrazine groups is 1. The Balaban J connectivity index is 1.69. The molecule has 0 unspecified atom stereocenters. The van der Waals surface area contributed by atoms with Crippen LogP contribution in [0.1, 0.15) is 5.56 Å². The zero-order chi connectivity index (χ0) is 14.7. The number of methoxy groups -OCH3 is 1. The molecule has 0 saturated carbocycles. The number of likely N-dealkylation sites (N-methyl/N-ethyl adjacent to an activating group) is 1. The van der Waals surface area contributed by atoms with Gasteiger partial charge in [0.05, 0.1) is 19.3 Å². The minimum Gasteiger partial charge on any atom is -0.495 e. The fourth-order valence-corrected chi connectivity index (χ4v) is 2.83. The van der Waals surface area contributed by atoms with Crippen molar-refractivity contribution in [1.82, 2.24) is 15.2 Å². The van der Waals surface area contributed by atoms with Crippen molar-refractivity contribution in [2.75, 3.05) is 51.9 Å². The zero-order valence-electron chi connectivity index (χ0n) is 12.9.